The molecule has 1 saturated heterocycles. The molecule has 0 saturated carbocycles. The monoisotopic (exact) mass is 471 g/mol. The van der Waals surface area contributed by atoms with Crippen LogP contribution in [0.4, 0.5) is 14.7 Å². The molecular formula is C25H31F2N5O2. The number of benzene rings is 1. The van der Waals surface area contributed by atoms with Gasteiger partial charge in [0.2, 0.25) is 17.7 Å². The van der Waals surface area contributed by atoms with Crippen molar-refractivity contribution in [3.63, 3.8) is 0 Å². The van der Waals surface area contributed by atoms with Gasteiger partial charge in [0, 0.05) is 44.0 Å². The van der Waals surface area contributed by atoms with Gasteiger partial charge in [-0.05, 0) is 50.0 Å². The maximum atomic E-state index is 14.6. The van der Waals surface area contributed by atoms with Crippen molar-refractivity contribution in [1.29, 1.82) is 0 Å². The van der Waals surface area contributed by atoms with Crippen LogP contribution in [-0.2, 0) is 12.8 Å². The van der Waals surface area contributed by atoms with E-state index in [0.29, 0.717) is 24.8 Å². The van der Waals surface area contributed by atoms with E-state index in [0.717, 1.165) is 63.1 Å². The molecular weight excluding hydrogens is 440 g/mol. The summed E-state index contributed by atoms with van der Waals surface area (Å²) >= 11 is 0. The Morgan fingerprint density at radius 1 is 1.09 bits per heavy atom. The lowest BCUT2D eigenvalue weighted by atomic mass is 9.92. The summed E-state index contributed by atoms with van der Waals surface area (Å²) in [6.45, 7) is 6.33. The van der Waals surface area contributed by atoms with E-state index in [1.165, 1.54) is 12.1 Å². The molecule has 1 fully saturated rings. The zero-order chi connectivity index (χ0) is 23.9. The van der Waals surface area contributed by atoms with E-state index in [4.69, 9.17) is 9.26 Å². The van der Waals surface area contributed by atoms with Crippen LogP contribution in [0.1, 0.15) is 57.4 Å². The van der Waals surface area contributed by atoms with Crippen molar-refractivity contribution in [3.8, 4) is 17.1 Å². The largest absolute Gasteiger partial charge is 0.493 e. The summed E-state index contributed by atoms with van der Waals surface area (Å²) in [6.07, 6.45) is 10.1. The minimum Gasteiger partial charge on any atom is -0.493 e. The fourth-order valence-corrected chi connectivity index (χ4v) is 4.20. The van der Waals surface area contributed by atoms with Gasteiger partial charge in [-0.25, -0.2) is 18.7 Å². The standard InChI is InChI=1S/C25H31F2N5O2/c1-3-6-22-30-24(31-34-22)23-20(26)13-19(14-21(23)27)33-12-5-7-18-8-10-32(11-9-18)25-28-15-17(4-2)16-29-25/h13-16,18H,3-12H2,1-2H3. The van der Waals surface area contributed by atoms with E-state index in [2.05, 4.69) is 31.9 Å². The first-order valence-electron chi connectivity index (χ1n) is 12.1. The maximum absolute atomic E-state index is 14.6. The second-order valence-corrected chi connectivity index (χ2v) is 8.69. The molecule has 0 spiro atoms. The molecule has 1 aliphatic heterocycles. The van der Waals surface area contributed by atoms with Crippen LogP contribution in [0.25, 0.3) is 11.4 Å². The van der Waals surface area contributed by atoms with Gasteiger partial charge in [-0.1, -0.05) is 19.0 Å². The zero-order valence-electron chi connectivity index (χ0n) is 19.8. The molecule has 0 N–H and O–H groups in total. The quantitative estimate of drug-likeness (QED) is 0.367. The lowest BCUT2D eigenvalue weighted by Crippen LogP contribution is -2.35. The topological polar surface area (TPSA) is 77.2 Å². The molecule has 0 aliphatic carbocycles. The molecule has 3 heterocycles. The molecule has 1 aliphatic rings. The third kappa shape index (κ3) is 5.87. The van der Waals surface area contributed by atoms with Crippen LogP contribution in [0, 0.1) is 17.6 Å². The second kappa shape index (κ2) is 11.4. The van der Waals surface area contributed by atoms with E-state index in [-0.39, 0.29) is 17.1 Å². The highest BCUT2D eigenvalue weighted by molar-refractivity contribution is 5.58. The number of hydrogen-bond donors (Lipinski definition) is 0. The normalized spacial score (nSPS) is 14.5. The Labute approximate surface area is 198 Å². The van der Waals surface area contributed by atoms with E-state index in [1.54, 1.807) is 0 Å². The molecule has 9 heteroatoms. The number of nitrogens with zero attached hydrogens (tertiary/aromatic N) is 5. The van der Waals surface area contributed by atoms with E-state index >= 15 is 0 Å². The predicted octanol–water partition coefficient (Wildman–Crippen LogP) is 5.40. The first kappa shape index (κ1) is 24.0. The number of halogens is 2. The van der Waals surface area contributed by atoms with E-state index in [9.17, 15) is 8.78 Å². The van der Waals surface area contributed by atoms with Gasteiger partial charge < -0.3 is 14.2 Å². The molecule has 3 aromatic rings. The fourth-order valence-electron chi connectivity index (χ4n) is 4.20. The summed E-state index contributed by atoms with van der Waals surface area (Å²) in [5.74, 6) is 0.321. The average molecular weight is 472 g/mol. The lowest BCUT2D eigenvalue weighted by Gasteiger charge is -2.32. The van der Waals surface area contributed by atoms with Crippen LogP contribution < -0.4 is 9.64 Å². The second-order valence-electron chi connectivity index (χ2n) is 8.69. The Balaban J connectivity index is 1.22. The Kier molecular flexibility index (Phi) is 8.03. The van der Waals surface area contributed by atoms with Gasteiger partial charge >= 0.3 is 0 Å². The van der Waals surface area contributed by atoms with Crippen molar-refractivity contribution in [3.05, 3.63) is 47.6 Å². The summed E-state index contributed by atoms with van der Waals surface area (Å²) in [7, 11) is 0. The van der Waals surface area contributed by atoms with Crippen molar-refractivity contribution < 1.29 is 18.0 Å². The number of rotatable bonds is 10. The van der Waals surface area contributed by atoms with Crippen LogP contribution in [0.3, 0.4) is 0 Å². The highest BCUT2D eigenvalue weighted by atomic mass is 19.1. The molecule has 4 rings (SSSR count). The van der Waals surface area contributed by atoms with Gasteiger partial charge in [-0.15, -0.1) is 0 Å². The Hall–Kier alpha value is -3.10. The number of anilines is 1. The molecule has 2 aromatic heterocycles. The van der Waals surface area contributed by atoms with Gasteiger partial charge in [0.05, 0.1) is 12.2 Å². The van der Waals surface area contributed by atoms with Gasteiger partial charge in [0.25, 0.3) is 0 Å². The first-order chi connectivity index (χ1) is 16.6. The molecule has 182 valence electrons. The summed E-state index contributed by atoms with van der Waals surface area (Å²) in [6, 6.07) is 2.35. The summed E-state index contributed by atoms with van der Waals surface area (Å²) in [4.78, 5) is 15.3. The summed E-state index contributed by atoms with van der Waals surface area (Å²) < 4.78 is 39.8. The molecule has 0 amide bonds. The lowest BCUT2D eigenvalue weighted by molar-refractivity contribution is 0.277. The van der Waals surface area contributed by atoms with Crippen LogP contribution in [0.5, 0.6) is 5.75 Å². The van der Waals surface area contributed by atoms with Gasteiger partial charge in [-0.2, -0.15) is 4.98 Å². The highest BCUT2D eigenvalue weighted by Crippen LogP contribution is 2.29. The number of aryl methyl sites for hydroxylation is 2. The molecule has 1 aromatic carbocycles. The number of ether oxygens (including phenoxy) is 1. The summed E-state index contributed by atoms with van der Waals surface area (Å²) in [5.41, 5.74) is 0.850. The fraction of sp³-hybridized carbons (Fsp3) is 0.520. The first-order valence-corrected chi connectivity index (χ1v) is 12.1. The van der Waals surface area contributed by atoms with E-state index in [1.807, 2.05) is 19.3 Å². The van der Waals surface area contributed by atoms with Crippen molar-refractivity contribution in [2.24, 2.45) is 5.92 Å². The maximum Gasteiger partial charge on any atom is 0.226 e. The molecule has 34 heavy (non-hydrogen) atoms. The van der Waals surface area contributed by atoms with Crippen molar-refractivity contribution >= 4 is 5.95 Å². The molecule has 0 radical (unpaired) electrons. The van der Waals surface area contributed by atoms with Crippen molar-refractivity contribution in [2.45, 2.75) is 58.8 Å². The SMILES string of the molecule is CCCc1nc(-c2c(F)cc(OCCCC3CCN(c4ncc(CC)cn4)CC3)cc2F)no1. The number of hydrogen-bond acceptors (Lipinski definition) is 7. The predicted molar refractivity (Wildman–Crippen MR) is 125 cm³/mol. The van der Waals surface area contributed by atoms with Gasteiger partial charge in [0.15, 0.2) is 0 Å². The van der Waals surface area contributed by atoms with Gasteiger partial charge in [0.1, 0.15) is 17.4 Å². The van der Waals surface area contributed by atoms with Crippen LogP contribution in [0.2, 0.25) is 0 Å². The van der Waals surface area contributed by atoms with Gasteiger partial charge in [-0.3, -0.25) is 0 Å². The third-order valence-electron chi connectivity index (χ3n) is 6.19. The average Bonchev–Trinajstić information content (AvgIpc) is 3.30. The zero-order valence-corrected chi connectivity index (χ0v) is 19.8. The van der Waals surface area contributed by atoms with Crippen LogP contribution >= 0.6 is 0 Å². The molecule has 7 nitrogen and oxygen atoms in total. The van der Waals surface area contributed by atoms with Crippen LogP contribution in [0.15, 0.2) is 29.0 Å². The number of aromatic nitrogens is 4. The van der Waals surface area contributed by atoms with Crippen molar-refractivity contribution in [2.75, 3.05) is 24.6 Å². The van der Waals surface area contributed by atoms with Crippen LogP contribution in [-0.4, -0.2) is 39.8 Å². The Bertz CT molecular complexity index is 1040. The van der Waals surface area contributed by atoms with E-state index < -0.39 is 11.6 Å². The number of piperidine rings is 1. The Morgan fingerprint density at radius 2 is 1.79 bits per heavy atom. The molecule has 0 unspecified atom stereocenters. The molecule has 0 bridgehead atoms. The minimum absolute atomic E-state index is 0.0805. The Morgan fingerprint density at radius 3 is 2.44 bits per heavy atom. The van der Waals surface area contributed by atoms with Crippen molar-refractivity contribution in [1.82, 2.24) is 20.1 Å². The highest BCUT2D eigenvalue weighted by Gasteiger charge is 2.22. The molecule has 0 atom stereocenters. The smallest absolute Gasteiger partial charge is 0.226 e. The third-order valence-corrected chi connectivity index (χ3v) is 6.19. The minimum atomic E-state index is -0.764. The summed E-state index contributed by atoms with van der Waals surface area (Å²) in [5, 5.41) is 3.70.